The molecule has 1 N–H and O–H groups in total. The Morgan fingerprint density at radius 2 is 1.81 bits per heavy atom. The third-order valence-corrected chi connectivity index (χ3v) is 4.25. The number of hydrogen-bond donors (Lipinski definition) is 1. The van der Waals surface area contributed by atoms with E-state index < -0.39 is 21.5 Å². The minimum Gasteiger partial charge on any atom is -0.379 e. The van der Waals surface area contributed by atoms with E-state index in [1.807, 2.05) is 0 Å². The quantitative estimate of drug-likeness (QED) is 0.870. The van der Waals surface area contributed by atoms with Crippen LogP contribution in [0.5, 0.6) is 0 Å². The van der Waals surface area contributed by atoms with E-state index in [2.05, 4.69) is 5.32 Å². The molecule has 0 radical (unpaired) electrons. The Morgan fingerprint density at radius 1 is 1.10 bits per heavy atom. The zero-order valence-electron chi connectivity index (χ0n) is 11.0. The minimum atomic E-state index is -3.42. The van der Waals surface area contributed by atoms with Crippen LogP contribution in [-0.2, 0) is 16.4 Å². The summed E-state index contributed by atoms with van der Waals surface area (Å²) in [5.74, 6) is -1.15. The highest BCUT2D eigenvalue weighted by molar-refractivity contribution is 7.90. The lowest BCUT2D eigenvalue weighted by Gasteiger charge is -2.09. The minimum absolute atomic E-state index is 0.00371. The number of rotatable bonds is 4. The maximum Gasteiger partial charge on any atom is 0.175 e. The van der Waals surface area contributed by atoms with E-state index in [0.29, 0.717) is 5.56 Å². The van der Waals surface area contributed by atoms with Gasteiger partial charge in [-0.25, -0.2) is 17.2 Å². The molecule has 0 amide bonds. The lowest BCUT2D eigenvalue weighted by Crippen LogP contribution is -2.04. The van der Waals surface area contributed by atoms with Crippen LogP contribution in [0.3, 0.4) is 0 Å². The van der Waals surface area contributed by atoms with Gasteiger partial charge in [0.25, 0.3) is 0 Å². The molecule has 2 aromatic rings. The first-order chi connectivity index (χ1) is 9.77. The molecule has 0 aromatic heterocycles. The second-order valence-corrected chi connectivity index (χ2v) is 6.94. The van der Waals surface area contributed by atoms with Crippen molar-refractivity contribution in [3.05, 3.63) is 58.6 Å². The first-order valence-corrected chi connectivity index (χ1v) is 8.22. The maximum atomic E-state index is 13.7. The zero-order chi connectivity index (χ0) is 15.6. The van der Waals surface area contributed by atoms with Crippen LogP contribution in [-0.4, -0.2) is 14.7 Å². The van der Waals surface area contributed by atoms with Gasteiger partial charge in [-0.2, -0.15) is 0 Å². The molecule has 7 heteroatoms. The summed E-state index contributed by atoms with van der Waals surface area (Å²) >= 11 is 5.57. The molecule has 0 atom stereocenters. The predicted octanol–water partition coefficient (Wildman–Crippen LogP) is 3.63. The van der Waals surface area contributed by atoms with Crippen molar-refractivity contribution < 1.29 is 17.2 Å². The van der Waals surface area contributed by atoms with Crippen molar-refractivity contribution in [3.8, 4) is 0 Å². The normalized spacial score (nSPS) is 11.4. The topological polar surface area (TPSA) is 46.2 Å². The Morgan fingerprint density at radius 3 is 2.43 bits per heavy atom. The van der Waals surface area contributed by atoms with Crippen molar-refractivity contribution in [2.24, 2.45) is 0 Å². The molecule has 0 aliphatic rings. The smallest absolute Gasteiger partial charge is 0.175 e. The standard InChI is InChI=1S/C14H12ClF2NO2S/c1-21(19,20)10-3-5-12(16)14(7-10)18-8-9-2-4-11(15)13(17)6-9/h2-7,18H,8H2,1H3. The zero-order valence-corrected chi connectivity index (χ0v) is 12.6. The Kier molecular flexibility index (Phi) is 4.49. The summed E-state index contributed by atoms with van der Waals surface area (Å²) in [7, 11) is -3.42. The van der Waals surface area contributed by atoms with Crippen LogP contribution >= 0.6 is 11.6 Å². The van der Waals surface area contributed by atoms with Gasteiger partial charge < -0.3 is 5.32 Å². The fraction of sp³-hybridized carbons (Fsp3) is 0.143. The Balaban J connectivity index is 2.21. The van der Waals surface area contributed by atoms with Crippen LogP contribution in [0.1, 0.15) is 5.56 Å². The Labute approximate surface area is 126 Å². The monoisotopic (exact) mass is 331 g/mol. The number of sulfone groups is 1. The number of anilines is 1. The number of hydrogen-bond acceptors (Lipinski definition) is 3. The van der Waals surface area contributed by atoms with E-state index in [1.165, 1.54) is 24.3 Å². The second-order valence-electron chi connectivity index (χ2n) is 4.52. The molecule has 0 heterocycles. The first kappa shape index (κ1) is 15.7. The van der Waals surface area contributed by atoms with Gasteiger partial charge >= 0.3 is 0 Å². The second kappa shape index (κ2) is 5.99. The van der Waals surface area contributed by atoms with E-state index in [9.17, 15) is 17.2 Å². The summed E-state index contributed by atoms with van der Waals surface area (Å²) < 4.78 is 49.8. The van der Waals surface area contributed by atoms with Gasteiger partial charge in [-0.05, 0) is 35.9 Å². The third kappa shape index (κ3) is 3.92. The summed E-state index contributed by atoms with van der Waals surface area (Å²) in [6.07, 6.45) is 1.04. The predicted molar refractivity (Wildman–Crippen MR) is 78.2 cm³/mol. The van der Waals surface area contributed by atoms with E-state index in [0.717, 1.165) is 12.3 Å². The first-order valence-electron chi connectivity index (χ1n) is 5.95. The van der Waals surface area contributed by atoms with E-state index in [-0.39, 0.29) is 22.2 Å². The molecular weight excluding hydrogens is 320 g/mol. The van der Waals surface area contributed by atoms with Crippen molar-refractivity contribution >= 4 is 27.1 Å². The average molecular weight is 332 g/mol. The number of benzene rings is 2. The molecule has 0 aliphatic heterocycles. The maximum absolute atomic E-state index is 13.7. The molecule has 112 valence electrons. The van der Waals surface area contributed by atoms with Crippen LogP contribution in [0.15, 0.2) is 41.3 Å². The molecule has 21 heavy (non-hydrogen) atoms. The summed E-state index contributed by atoms with van der Waals surface area (Å²) in [4.78, 5) is 0.00804. The van der Waals surface area contributed by atoms with Crippen LogP contribution in [0.4, 0.5) is 14.5 Å². The van der Waals surface area contributed by atoms with Crippen LogP contribution in [0.2, 0.25) is 5.02 Å². The fourth-order valence-corrected chi connectivity index (χ4v) is 2.48. The van der Waals surface area contributed by atoms with Crippen molar-refractivity contribution in [3.63, 3.8) is 0 Å². The highest BCUT2D eigenvalue weighted by atomic mass is 35.5. The van der Waals surface area contributed by atoms with Gasteiger partial charge in [0.1, 0.15) is 11.6 Å². The molecular formula is C14H12ClF2NO2S. The molecule has 0 spiro atoms. The van der Waals surface area contributed by atoms with Crippen LogP contribution in [0.25, 0.3) is 0 Å². The highest BCUT2D eigenvalue weighted by Crippen LogP contribution is 2.21. The van der Waals surface area contributed by atoms with Crippen molar-refractivity contribution in [2.75, 3.05) is 11.6 Å². The summed E-state index contributed by atoms with van der Waals surface area (Å²) in [6, 6.07) is 7.69. The molecule has 3 nitrogen and oxygen atoms in total. The van der Waals surface area contributed by atoms with E-state index in [1.54, 1.807) is 6.07 Å². The molecule has 0 unspecified atom stereocenters. The van der Waals surface area contributed by atoms with Gasteiger partial charge in [0.2, 0.25) is 0 Å². The molecule has 0 aliphatic carbocycles. The average Bonchev–Trinajstić information content (AvgIpc) is 2.40. The Bertz CT molecular complexity index is 779. The lowest BCUT2D eigenvalue weighted by molar-refractivity contribution is 0.600. The highest BCUT2D eigenvalue weighted by Gasteiger charge is 2.11. The molecule has 0 bridgehead atoms. The lowest BCUT2D eigenvalue weighted by atomic mass is 10.2. The van der Waals surface area contributed by atoms with Crippen molar-refractivity contribution in [1.29, 1.82) is 0 Å². The summed E-state index contributed by atoms with van der Waals surface area (Å²) in [6.45, 7) is 0.137. The summed E-state index contributed by atoms with van der Waals surface area (Å²) in [5, 5.41) is 2.74. The van der Waals surface area contributed by atoms with Crippen molar-refractivity contribution in [2.45, 2.75) is 11.4 Å². The van der Waals surface area contributed by atoms with Gasteiger partial charge in [-0.1, -0.05) is 17.7 Å². The number of nitrogens with one attached hydrogen (secondary N) is 1. The van der Waals surface area contributed by atoms with Gasteiger partial charge in [0.15, 0.2) is 9.84 Å². The molecule has 2 aromatic carbocycles. The third-order valence-electron chi connectivity index (χ3n) is 2.83. The Hall–Kier alpha value is -1.66. The van der Waals surface area contributed by atoms with E-state index in [4.69, 9.17) is 11.6 Å². The van der Waals surface area contributed by atoms with Gasteiger partial charge in [0, 0.05) is 12.8 Å². The van der Waals surface area contributed by atoms with Crippen molar-refractivity contribution in [1.82, 2.24) is 0 Å². The molecule has 0 fully saturated rings. The SMILES string of the molecule is CS(=O)(=O)c1ccc(F)c(NCc2ccc(Cl)c(F)c2)c1. The van der Waals surface area contributed by atoms with Gasteiger partial charge in [-0.3, -0.25) is 0 Å². The van der Waals surface area contributed by atoms with E-state index >= 15 is 0 Å². The fourth-order valence-electron chi connectivity index (χ4n) is 1.72. The van der Waals surface area contributed by atoms with Crippen LogP contribution in [0, 0.1) is 11.6 Å². The molecule has 2 rings (SSSR count). The molecule has 0 saturated heterocycles. The number of halogens is 3. The molecule has 0 saturated carbocycles. The van der Waals surface area contributed by atoms with Crippen LogP contribution < -0.4 is 5.32 Å². The summed E-state index contributed by atoms with van der Waals surface area (Å²) in [5.41, 5.74) is 0.592. The van der Waals surface area contributed by atoms with Gasteiger partial charge in [0.05, 0.1) is 15.6 Å². The van der Waals surface area contributed by atoms with Gasteiger partial charge in [-0.15, -0.1) is 0 Å². The largest absolute Gasteiger partial charge is 0.379 e.